The summed E-state index contributed by atoms with van der Waals surface area (Å²) in [6.07, 6.45) is 15.0. The summed E-state index contributed by atoms with van der Waals surface area (Å²) in [5.41, 5.74) is 0. The zero-order valence-electron chi connectivity index (χ0n) is 14.9. The number of carbonyl (C=O) groups is 1. The Balaban J connectivity index is 3.76. The van der Waals surface area contributed by atoms with E-state index in [1.807, 2.05) is 0 Å². The lowest BCUT2D eigenvalue weighted by molar-refractivity contribution is -0.137. The van der Waals surface area contributed by atoms with E-state index in [9.17, 15) is 4.79 Å². The second-order valence-electron chi connectivity index (χ2n) is 6.07. The molecule has 22 heavy (non-hydrogen) atoms. The molecule has 0 aliphatic rings. The number of esters is 1. The molecule has 0 heterocycles. The van der Waals surface area contributed by atoms with Crippen LogP contribution in [0.2, 0.25) is 0 Å². The zero-order valence-corrected chi connectivity index (χ0v) is 14.9. The lowest BCUT2D eigenvalue weighted by Gasteiger charge is -2.18. The van der Waals surface area contributed by atoms with E-state index in [2.05, 4.69) is 25.7 Å². The van der Waals surface area contributed by atoms with Crippen LogP contribution < -0.4 is 5.32 Å². The summed E-state index contributed by atoms with van der Waals surface area (Å²) in [6.45, 7) is 9.47. The van der Waals surface area contributed by atoms with Crippen LogP contribution in [0.4, 0.5) is 0 Å². The van der Waals surface area contributed by atoms with Crippen LogP contribution in [0.5, 0.6) is 0 Å². The van der Waals surface area contributed by atoms with Crippen molar-refractivity contribution in [2.24, 2.45) is 0 Å². The van der Waals surface area contributed by atoms with Crippen LogP contribution in [0.3, 0.4) is 0 Å². The number of rotatable bonds is 16. The molecule has 0 aliphatic heterocycles. The molecule has 0 radical (unpaired) electrons. The highest BCUT2D eigenvalue weighted by molar-refractivity contribution is 5.81. The number of nitrogens with one attached hydrogen (secondary N) is 1. The van der Waals surface area contributed by atoms with Gasteiger partial charge >= 0.3 is 5.97 Å². The number of unbranched alkanes of at least 4 members (excludes halogenated alkanes) is 7. The molecule has 1 unspecified atom stereocenters. The molecule has 0 aliphatic carbocycles. The Labute approximate surface area is 137 Å². The molecular weight excluding hydrogens is 274 g/mol. The maximum absolute atomic E-state index is 11.1. The van der Waals surface area contributed by atoms with Crippen molar-refractivity contribution in [3.05, 3.63) is 12.7 Å². The van der Waals surface area contributed by atoms with Gasteiger partial charge in [-0.1, -0.05) is 71.8 Å². The highest BCUT2D eigenvalue weighted by atomic mass is 16.5. The largest absolute Gasteiger partial charge is 0.462 e. The van der Waals surface area contributed by atoms with E-state index >= 15 is 0 Å². The second kappa shape index (κ2) is 16.5. The van der Waals surface area contributed by atoms with Gasteiger partial charge in [0.15, 0.2) is 0 Å². The first kappa shape index (κ1) is 21.2. The Morgan fingerprint density at radius 1 is 1.00 bits per heavy atom. The molecule has 3 heteroatoms. The van der Waals surface area contributed by atoms with Crippen molar-refractivity contribution in [1.82, 2.24) is 5.32 Å². The van der Waals surface area contributed by atoms with Crippen LogP contribution in [0.1, 0.15) is 84.5 Å². The van der Waals surface area contributed by atoms with Gasteiger partial charge in [0.25, 0.3) is 0 Å². The van der Waals surface area contributed by atoms with E-state index in [-0.39, 0.29) is 5.97 Å². The maximum atomic E-state index is 11.1. The standard InChI is InChI=1S/C19H37NO2/c1-4-7-9-10-11-13-16-20-18(14-12-8-5-2)15-17-22-19(21)6-3/h6,18,20H,3-5,7-17H2,1-2H3. The Morgan fingerprint density at radius 2 is 1.64 bits per heavy atom. The normalized spacial score (nSPS) is 12.1. The van der Waals surface area contributed by atoms with E-state index in [4.69, 9.17) is 4.74 Å². The Hall–Kier alpha value is -0.830. The lowest BCUT2D eigenvalue weighted by atomic mass is 10.1. The molecule has 0 bridgehead atoms. The molecule has 130 valence electrons. The summed E-state index contributed by atoms with van der Waals surface area (Å²) in [6, 6.07) is 0.472. The quantitative estimate of drug-likeness (QED) is 0.247. The monoisotopic (exact) mass is 311 g/mol. The molecule has 0 saturated carbocycles. The maximum Gasteiger partial charge on any atom is 0.330 e. The minimum absolute atomic E-state index is 0.316. The molecule has 0 aromatic heterocycles. The van der Waals surface area contributed by atoms with Crippen molar-refractivity contribution in [3.63, 3.8) is 0 Å². The average Bonchev–Trinajstić information content (AvgIpc) is 2.53. The molecule has 0 aromatic rings. The first-order valence-corrected chi connectivity index (χ1v) is 9.27. The van der Waals surface area contributed by atoms with Gasteiger partial charge in [-0.25, -0.2) is 4.79 Å². The van der Waals surface area contributed by atoms with Gasteiger partial charge in [-0.05, 0) is 25.8 Å². The summed E-state index contributed by atoms with van der Waals surface area (Å²) >= 11 is 0. The van der Waals surface area contributed by atoms with Crippen LogP contribution in [-0.4, -0.2) is 25.2 Å². The van der Waals surface area contributed by atoms with Crippen LogP contribution in [0.25, 0.3) is 0 Å². The molecule has 0 amide bonds. The summed E-state index contributed by atoms with van der Waals surface area (Å²) in [5, 5.41) is 3.64. The fourth-order valence-corrected chi connectivity index (χ4v) is 2.56. The van der Waals surface area contributed by atoms with E-state index in [0.717, 1.165) is 13.0 Å². The smallest absolute Gasteiger partial charge is 0.330 e. The SMILES string of the molecule is C=CC(=O)OCCC(CCCCC)NCCCCCCCC. The van der Waals surface area contributed by atoms with Gasteiger partial charge < -0.3 is 10.1 Å². The van der Waals surface area contributed by atoms with E-state index in [1.165, 1.54) is 70.3 Å². The molecule has 1 atom stereocenters. The molecule has 1 N–H and O–H groups in total. The van der Waals surface area contributed by atoms with Gasteiger partial charge in [0.2, 0.25) is 0 Å². The highest BCUT2D eigenvalue weighted by Gasteiger charge is 2.08. The summed E-state index contributed by atoms with van der Waals surface area (Å²) in [5.74, 6) is -0.316. The van der Waals surface area contributed by atoms with Gasteiger partial charge in [-0.2, -0.15) is 0 Å². The Bertz CT molecular complexity index is 266. The number of hydrogen-bond acceptors (Lipinski definition) is 3. The Kier molecular flexibility index (Phi) is 15.9. The van der Waals surface area contributed by atoms with Crippen LogP contribution >= 0.6 is 0 Å². The van der Waals surface area contributed by atoms with Crippen molar-refractivity contribution in [1.29, 1.82) is 0 Å². The van der Waals surface area contributed by atoms with E-state index < -0.39 is 0 Å². The summed E-state index contributed by atoms with van der Waals surface area (Å²) in [7, 11) is 0. The molecule has 0 rings (SSSR count). The molecule has 0 fully saturated rings. The zero-order chi connectivity index (χ0) is 16.5. The highest BCUT2D eigenvalue weighted by Crippen LogP contribution is 2.08. The molecule has 0 aromatic carbocycles. The fourth-order valence-electron chi connectivity index (χ4n) is 2.56. The van der Waals surface area contributed by atoms with Gasteiger partial charge in [0.1, 0.15) is 0 Å². The third kappa shape index (κ3) is 14.1. The average molecular weight is 312 g/mol. The van der Waals surface area contributed by atoms with Crippen molar-refractivity contribution >= 4 is 5.97 Å². The van der Waals surface area contributed by atoms with Gasteiger partial charge in [-0.3, -0.25) is 0 Å². The summed E-state index contributed by atoms with van der Waals surface area (Å²) in [4.78, 5) is 11.1. The molecule has 3 nitrogen and oxygen atoms in total. The third-order valence-electron chi connectivity index (χ3n) is 4.00. The summed E-state index contributed by atoms with van der Waals surface area (Å²) < 4.78 is 5.10. The predicted octanol–water partition coefficient (Wildman–Crippen LogP) is 5.00. The Morgan fingerprint density at radius 3 is 2.32 bits per heavy atom. The van der Waals surface area contributed by atoms with Crippen molar-refractivity contribution in [2.75, 3.05) is 13.2 Å². The first-order valence-electron chi connectivity index (χ1n) is 9.27. The minimum atomic E-state index is -0.316. The van der Waals surface area contributed by atoms with Crippen molar-refractivity contribution < 1.29 is 9.53 Å². The van der Waals surface area contributed by atoms with Crippen LogP contribution in [-0.2, 0) is 9.53 Å². The molecule has 0 saturated heterocycles. The minimum Gasteiger partial charge on any atom is -0.462 e. The fraction of sp³-hybridized carbons (Fsp3) is 0.842. The predicted molar refractivity (Wildman–Crippen MR) is 95.1 cm³/mol. The van der Waals surface area contributed by atoms with Crippen molar-refractivity contribution in [3.8, 4) is 0 Å². The van der Waals surface area contributed by atoms with Crippen LogP contribution in [0.15, 0.2) is 12.7 Å². The van der Waals surface area contributed by atoms with Gasteiger partial charge in [0.05, 0.1) is 6.61 Å². The topological polar surface area (TPSA) is 38.3 Å². The lowest BCUT2D eigenvalue weighted by Crippen LogP contribution is -2.31. The van der Waals surface area contributed by atoms with E-state index in [0.29, 0.717) is 12.6 Å². The number of ether oxygens (including phenoxy) is 1. The molecular formula is C19H37NO2. The third-order valence-corrected chi connectivity index (χ3v) is 4.00. The van der Waals surface area contributed by atoms with Crippen molar-refractivity contribution in [2.45, 2.75) is 90.5 Å². The van der Waals surface area contributed by atoms with Gasteiger partial charge in [0, 0.05) is 12.1 Å². The first-order chi connectivity index (χ1) is 10.7. The second-order valence-corrected chi connectivity index (χ2v) is 6.07. The molecule has 0 spiro atoms. The van der Waals surface area contributed by atoms with Crippen LogP contribution in [0, 0.1) is 0 Å². The van der Waals surface area contributed by atoms with Gasteiger partial charge in [-0.15, -0.1) is 0 Å². The number of hydrogen-bond donors (Lipinski definition) is 1. The number of carbonyl (C=O) groups excluding carboxylic acids is 1. The van der Waals surface area contributed by atoms with E-state index in [1.54, 1.807) is 0 Å².